The molecular formula is C25H31N3O3S. The van der Waals surface area contributed by atoms with E-state index in [0.717, 1.165) is 18.5 Å². The number of hydrogen-bond donors (Lipinski definition) is 1. The molecule has 0 aliphatic carbocycles. The van der Waals surface area contributed by atoms with Crippen molar-refractivity contribution < 1.29 is 9.53 Å². The molecule has 0 fully saturated rings. The van der Waals surface area contributed by atoms with Gasteiger partial charge >= 0.3 is 0 Å². The Labute approximate surface area is 193 Å². The summed E-state index contributed by atoms with van der Waals surface area (Å²) in [6.07, 6.45) is 2.96. The zero-order valence-electron chi connectivity index (χ0n) is 19.0. The van der Waals surface area contributed by atoms with E-state index >= 15 is 0 Å². The molecule has 0 aliphatic heterocycles. The van der Waals surface area contributed by atoms with Gasteiger partial charge < -0.3 is 10.1 Å². The highest BCUT2D eigenvalue weighted by atomic mass is 32.2. The molecule has 1 amide bonds. The van der Waals surface area contributed by atoms with Crippen LogP contribution in [0.3, 0.4) is 0 Å². The van der Waals surface area contributed by atoms with Crippen molar-refractivity contribution in [1.29, 1.82) is 0 Å². The number of rotatable bonds is 11. The van der Waals surface area contributed by atoms with Gasteiger partial charge in [-0.25, -0.2) is 4.98 Å². The maximum Gasteiger partial charge on any atom is 0.262 e. The summed E-state index contributed by atoms with van der Waals surface area (Å²) >= 11 is 1.28. The van der Waals surface area contributed by atoms with Crippen molar-refractivity contribution in [3.63, 3.8) is 0 Å². The van der Waals surface area contributed by atoms with Crippen molar-refractivity contribution in [2.24, 2.45) is 0 Å². The number of ether oxygens (including phenoxy) is 1. The maximum atomic E-state index is 13.1. The topological polar surface area (TPSA) is 73.2 Å². The molecule has 32 heavy (non-hydrogen) atoms. The van der Waals surface area contributed by atoms with Crippen molar-refractivity contribution in [1.82, 2.24) is 9.55 Å². The summed E-state index contributed by atoms with van der Waals surface area (Å²) in [5.41, 5.74) is 2.58. The lowest BCUT2D eigenvalue weighted by Crippen LogP contribution is -2.25. The average Bonchev–Trinajstić information content (AvgIpc) is 2.78. The fraction of sp³-hybridized carbons (Fsp3) is 0.400. The van der Waals surface area contributed by atoms with E-state index in [0.29, 0.717) is 35.6 Å². The number of nitrogens with one attached hydrogen (secondary N) is 1. The van der Waals surface area contributed by atoms with E-state index < -0.39 is 0 Å². The standard InChI is InChI=1S/C25H31N3O3S/c1-4-8-19-11-13-20(14-12-19)26-23(29)17-32-25-27-22-10-6-5-9-21(22)24(30)28(25)15-7-16-31-18(2)3/h5-6,9-14,18H,4,7-8,15-17H2,1-3H3,(H,26,29). The van der Waals surface area contributed by atoms with E-state index in [2.05, 4.69) is 17.2 Å². The number of nitrogens with zero attached hydrogens (tertiary/aromatic N) is 2. The van der Waals surface area contributed by atoms with Crippen LogP contribution in [0, 0.1) is 0 Å². The maximum absolute atomic E-state index is 13.1. The highest BCUT2D eigenvalue weighted by Gasteiger charge is 2.13. The van der Waals surface area contributed by atoms with Gasteiger partial charge in [-0.1, -0.05) is 49.4 Å². The number of thioether (sulfide) groups is 1. The van der Waals surface area contributed by atoms with Gasteiger partial charge in [-0.05, 0) is 56.5 Å². The molecule has 0 unspecified atom stereocenters. The van der Waals surface area contributed by atoms with E-state index in [1.165, 1.54) is 17.3 Å². The number of hydrogen-bond acceptors (Lipinski definition) is 5. The highest BCUT2D eigenvalue weighted by molar-refractivity contribution is 7.99. The van der Waals surface area contributed by atoms with Gasteiger partial charge in [-0.2, -0.15) is 0 Å². The van der Waals surface area contributed by atoms with Crippen LogP contribution < -0.4 is 10.9 Å². The summed E-state index contributed by atoms with van der Waals surface area (Å²) in [7, 11) is 0. The molecular weight excluding hydrogens is 422 g/mol. The molecule has 0 atom stereocenters. The second-order valence-electron chi connectivity index (χ2n) is 7.93. The first-order chi connectivity index (χ1) is 15.5. The number of carbonyl (C=O) groups excluding carboxylic acids is 1. The minimum atomic E-state index is -0.129. The molecule has 7 heteroatoms. The van der Waals surface area contributed by atoms with E-state index in [4.69, 9.17) is 4.74 Å². The molecule has 0 radical (unpaired) electrons. The van der Waals surface area contributed by atoms with Crippen LogP contribution in [0.2, 0.25) is 0 Å². The highest BCUT2D eigenvalue weighted by Crippen LogP contribution is 2.19. The van der Waals surface area contributed by atoms with Gasteiger partial charge in [0, 0.05) is 18.8 Å². The predicted molar refractivity (Wildman–Crippen MR) is 131 cm³/mol. The number of carbonyl (C=O) groups is 1. The molecule has 6 nitrogen and oxygen atoms in total. The van der Waals surface area contributed by atoms with E-state index in [1.54, 1.807) is 10.6 Å². The van der Waals surface area contributed by atoms with Gasteiger partial charge in [-0.15, -0.1) is 0 Å². The Hall–Kier alpha value is -2.64. The molecule has 170 valence electrons. The molecule has 1 aromatic heterocycles. The Morgan fingerprint density at radius 1 is 1.16 bits per heavy atom. The summed E-state index contributed by atoms with van der Waals surface area (Å²) in [4.78, 5) is 30.3. The predicted octanol–water partition coefficient (Wildman–Crippen LogP) is 4.89. The van der Waals surface area contributed by atoms with Crippen molar-refractivity contribution in [2.45, 2.75) is 57.8 Å². The quantitative estimate of drug-likeness (QED) is 0.254. The van der Waals surface area contributed by atoms with Crippen LogP contribution in [0.5, 0.6) is 0 Å². The Bertz CT molecular complexity index is 1090. The van der Waals surface area contributed by atoms with Crippen molar-refractivity contribution in [3.8, 4) is 0 Å². The molecule has 3 aromatic rings. The van der Waals surface area contributed by atoms with Crippen LogP contribution in [0.15, 0.2) is 58.5 Å². The van der Waals surface area contributed by atoms with E-state index in [-0.39, 0.29) is 23.3 Å². The van der Waals surface area contributed by atoms with Gasteiger partial charge in [-0.3, -0.25) is 14.2 Å². The molecule has 0 aliphatic rings. The van der Waals surface area contributed by atoms with Crippen molar-refractivity contribution in [3.05, 3.63) is 64.4 Å². The third-order valence-electron chi connectivity index (χ3n) is 4.91. The summed E-state index contributed by atoms with van der Waals surface area (Å²) < 4.78 is 7.27. The largest absolute Gasteiger partial charge is 0.379 e. The van der Waals surface area contributed by atoms with Crippen LogP contribution in [0.25, 0.3) is 10.9 Å². The second-order valence-corrected chi connectivity index (χ2v) is 8.87. The lowest BCUT2D eigenvalue weighted by Gasteiger charge is -2.14. The van der Waals surface area contributed by atoms with Crippen molar-refractivity contribution in [2.75, 3.05) is 17.7 Å². The monoisotopic (exact) mass is 453 g/mol. The van der Waals surface area contributed by atoms with E-state index in [9.17, 15) is 9.59 Å². The summed E-state index contributed by atoms with van der Waals surface area (Å²) in [6.45, 7) is 7.18. The van der Waals surface area contributed by atoms with Crippen LogP contribution in [-0.4, -0.2) is 33.9 Å². The summed E-state index contributed by atoms with van der Waals surface area (Å²) in [5.74, 6) is 0.0413. The number of para-hydroxylation sites is 1. The first-order valence-corrected chi connectivity index (χ1v) is 12.1. The lowest BCUT2D eigenvalue weighted by atomic mass is 10.1. The number of aryl methyl sites for hydroxylation is 1. The normalized spacial score (nSPS) is 11.2. The van der Waals surface area contributed by atoms with Gasteiger partial charge in [0.1, 0.15) is 0 Å². The Morgan fingerprint density at radius 2 is 1.91 bits per heavy atom. The fourth-order valence-electron chi connectivity index (χ4n) is 3.37. The molecule has 0 spiro atoms. The third-order valence-corrected chi connectivity index (χ3v) is 5.89. The molecule has 0 saturated heterocycles. The minimum absolute atomic E-state index is 0.0884. The zero-order chi connectivity index (χ0) is 22.9. The number of benzene rings is 2. The molecule has 0 bridgehead atoms. The van der Waals surface area contributed by atoms with Crippen molar-refractivity contribution >= 4 is 34.3 Å². The fourth-order valence-corrected chi connectivity index (χ4v) is 4.19. The third kappa shape index (κ3) is 6.68. The minimum Gasteiger partial charge on any atom is -0.379 e. The number of anilines is 1. The molecule has 1 N–H and O–H groups in total. The Balaban J connectivity index is 1.70. The van der Waals surface area contributed by atoms with Gasteiger partial charge in [0.15, 0.2) is 5.16 Å². The van der Waals surface area contributed by atoms with Crippen LogP contribution >= 0.6 is 11.8 Å². The Morgan fingerprint density at radius 3 is 2.62 bits per heavy atom. The number of amides is 1. The molecule has 1 heterocycles. The first kappa shape index (κ1) is 24.0. The first-order valence-electron chi connectivity index (χ1n) is 11.1. The molecule has 3 rings (SSSR count). The van der Waals surface area contributed by atoms with Gasteiger partial charge in [0.2, 0.25) is 5.91 Å². The van der Waals surface area contributed by atoms with Crippen LogP contribution in [0.4, 0.5) is 5.69 Å². The van der Waals surface area contributed by atoms with Gasteiger partial charge in [0.05, 0.1) is 22.8 Å². The van der Waals surface area contributed by atoms with Crippen LogP contribution in [0.1, 0.15) is 39.2 Å². The lowest BCUT2D eigenvalue weighted by molar-refractivity contribution is -0.113. The van der Waals surface area contributed by atoms with E-state index in [1.807, 2.05) is 56.3 Å². The second kappa shape index (κ2) is 11.8. The number of fused-ring (bicyclic) bond motifs is 1. The van der Waals surface area contributed by atoms with Crippen LogP contribution in [-0.2, 0) is 22.5 Å². The average molecular weight is 454 g/mol. The SMILES string of the molecule is CCCc1ccc(NC(=O)CSc2nc3ccccc3c(=O)n2CCCOC(C)C)cc1. The molecule has 0 saturated carbocycles. The Kier molecular flexibility index (Phi) is 8.88. The zero-order valence-corrected chi connectivity index (χ0v) is 19.8. The number of aromatic nitrogens is 2. The smallest absolute Gasteiger partial charge is 0.262 e. The summed E-state index contributed by atoms with van der Waals surface area (Å²) in [5, 5.41) is 4.05. The van der Waals surface area contributed by atoms with Gasteiger partial charge in [0.25, 0.3) is 5.56 Å². The molecule has 2 aromatic carbocycles. The summed E-state index contributed by atoms with van der Waals surface area (Å²) in [6, 6.07) is 15.2.